The molecule has 0 aromatic heterocycles. The van der Waals surface area contributed by atoms with Crippen LogP contribution in [0.15, 0.2) is 11.3 Å². The fourth-order valence-corrected chi connectivity index (χ4v) is 3.59. The monoisotopic (exact) mass is 373 g/mol. The summed E-state index contributed by atoms with van der Waals surface area (Å²) in [4.78, 5) is 25.7. The van der Waals surface area contributed by atoms with Gasteiger partial charge in [-0.15, -0.1) is 11.8 Å². The zero-order valence-corrected chi connectivity index (χ0v) is 14.5. The summed E-state index contributed by atoms with van der Waals surface area (Å²) in [7, 11) is 0. The number of nitrogens with zero attached hydrogens (tertiary/aromatic N) is 1. The zero-order chi connectivity index (χ0) is 15.8. The van der Waals surface area contributed by atoms with E-state index < -0.39 is 15.9 Å². The molecule has 9 heteroatoms. The van der Waals surface area contributed by atoms with Crippen molar-refractivity contribution in [1.82, 2.24) is 4.90 Å². The van der Waals surface area contributed by atoms with Gasteiger partial charge >= 0.3 is 5.97 Å². The summed E-state index contributed by atoms with van der Waals surface area (Å²) in [5, 5.41) is -0.198. The molecule has 2 atom stereocenters. The van der Waals surface area contributed by atoms with E-state index in [-0.39, 0.29) is 23.6 Å². The van der Waals surface area contributed by atoms with Gasteiger partial charge < -0.3 is 9.47 Å². The Bertz CT molecular complexity index is 491. The van der Waals surface area contributed by atoms with E-state index in [1.54, 1.807) is 18.7 Å². The highest BCUT2D eigenvalue weighted by Gasteiger charge is 2.54. The maximum atomic E-state index is 12.2. The van der Waals surface area contributed by atoms with Gasteiger partial charge in [0.25, 0.3) is 5.91 Å². The van der Waals surface area contributed by atoms with E-state index in [1.165, 1.54) is 4.90 Å². The number of esters is 1. The normalized spacial score (nSPS) is 25.6. The minimum absolute atomic E-state index is 0.198. The number of halogens is 3. The molecule has 0 unspecified atom stereocenters. The predicted molar refractivity (Wildman–Crippen MR) is 82.5 cm³/mol. The van der Waals surface area contributed by atoms with Gasteiger partial charge in [-0.3, -0.25) is 9.69 Å². The lowest BCUT2D eigenvalue weighted by Crippen LogP contribution is -2.65. The molecule has 21 heavy (non-hydrogen) atoms. The second-order valence-corrected chi connectivity index (χ2v) is 8.23. The first-order valence-corrected chi connectivity index (χ1v) is 8.44. The van der Waals surface area contributed by atoms with Gasteiger partial charge in [-0.05, 0) is 19.4 Å². The predicted octanol–water partition coefficient (Wildman–Crippen LogP) is 2.49. The number of hydrogen-bond donors (Lipinski definition) is 0. The molecule has 1 fully saturated rings. The molecule has 0 aromatic carbocycles. The van der Waals surface area contributed by atoms with Crippen LogP contribution in [-0.4, -0.2) is 51.0 Å². The molecule has 0 bridgehead atoms. The lowest BCUT2D eigenvalue weighted by Gasteiger charge is -2.48. The van der Waals surface area contributed by atoms with Crippen LogP contribution < -0.4 is 0 Å². The standard InChI is InChI=1S/C12H14Cl3NO4S/c1-3-19-8-9(17)16-7(6(2)4-21-10(8)16)11(18)20-5-12(13,14)15/h8,10H,3-5H2,1-2H3/t8-,10-/m0/s1. The molecule has 0 radical (unpaired) electrons. The minimum atomic E-state index is -1.68. The van der Waals surface area contributed by atoms with E-state index in [0.717, 1.165) is 5.57 Å². The Morgan fingerprint density at radius 2 is 2.14 bits per heavy atom. The molecule has 0 saturated carbocycles. The van der Waals surface area contributed by atoms with E-state index in [0.29, 0.717) is 12.4 Å². The largest absolute Gasteiger partial charge is 0.456 e. The maximum Gasteiger partial charge on any atom is 0.355 e. The van der Waals surface area contributed by atoms with E-state index >= 15 is 0 Å². The molecule has 1 amide bonds. The molecule has 2 aliphatic rings. The van der Waals surface area contributed by atoms with Crippen LogP contribution in [0.5, 0.6) is 0 Å². The van der Waals surface area contributed by atoms with Crippen molar-refractivity contribution in [2.45, 2.75) is 29.1 Å². The lowest BCUT2D eigenvalue weighted by atomic mass is 10.1. The highest BCUT2D eigenvalue weighted by molar-refractivity contribution is 8.00. The Labute approximate surface area is 141 Å². The number of rotatable bonds is 4. The first-order chi connectivity index (χ1) is 9.76. The van der Waals surface area contributed by atoms with Gasteiger partial charge in [0, 0.05) is 12.4 Å². The van der Waals surface area contributed by atoms with Gasteiger partial charge in [-0.25, -0.2) is 4.79 Å². The molecule has 0 aromatic rings. The van der Waals surface area contributed by atoms with Crippen LogP contribution in [0.4, 0.5) is 0 Å². The molecular weight excluding hydrogens is 361 g/mol. The topological polar surface area (TPSA) is 55.8 Å². The van der Waals surface area contributed by atoms with Gasteiger partial charge in [0.05, 0.1) is 0 Å². The highest BCUT2D eigenvalue weighted by atomic mass is 35.6. The quantitative estimate of drug-likeness (QED) is 0.430. The fourth-order valence-electron chi connectivity index (χ4n) is 2.14. The van der Waals surface area contributed by atoms with Crippen molar-refractivity contribution < 1.29 is 19.1 Å². The van der Waals surface area contributed by atoms with Crippen molar-refractivity contribution in [1.29, 1.82) is 0 Å². The van der Waals surface area contributed by atoms with Gasteiger partial charge in [0.2, 0.25) is 3.79 Å². The number of amides is 1. The smallest absolute Gasteiger partial charge is 0.355 e. The Hall–Kier alpha value is -0.140. The summed E-state index contributed by atoms with van der Waals surface area (Å²) in [6.07, 6.45) is -0.510. The Morgan fingerprint density at radius 1 is 1.48 bits per heavy atom. The first kappa shape index (κ1) is 17.2. The SMILES string of the molecule is CCO[C@H]1C(=O)N2C(C(=O)OCC(Cl)(Cl)Cl)=C(C)CS[C@@H]12. The highest BCUT2D eigenvalue weighted by Crippen LogP contribution is 2.41. The van der Waals surface area contributed by atoms with Crippen LogP contribution in [0.3, 0.4) is 0 Å². The summed E-state index contributed by atoms with van der Waals surface area (Å²) in [6.45, 7) is 3.66. The second-order valence-electron chi connectivity index (χ2n) is 4.61. The first-order valence-electron chi connectivity index (χ1n) is 6.26. The van der Waals surface area contributed by atoms with Crippen LogP contribution in [0, 0.1) is 0 Å². The van der Waals surface area contributed by atoms with Crippen LogP contribution in [-0.2, 0) is 19.1 Å². The van der Waals surface area contributed by atoms with Gasteiger partial charge in [-0.2, -0.15) is 0 Å². The van der Waals surface area contributed by atoms with E-state index in [2.05, 4.69) is 0 Å². The number of carbonyl (C=O) groups is 2. The summed E-state index contributed by atoms with van der Waals surface area (Å²) < 4.78 is 8.68. The van der Waals surface area contributed by atoms with Gasteiger partial charge in [-0.1, -0.05) is 34.8 Å². The Morgan fingerprint density at radius 3 is 2.71 bits per heavy atom. The minimum Gasteiger partial charge on any atom is -0.456 e. The maximum absolute atomic E-state index is 12.2. The van der Waals surface area contributed by atoms with Crippen LogP contribution >= 0.6 is 46.6 Å². The Kier molecular flexibility index (Phi) is 5.36. The van der Waals surface area contributed by atoms with Crippen molar-refractivity contribution in [3.05, 3.63) is 11.3 Å². The molecule has 5 nitrogen and oxygen atoms in total. The van der Waals surface area contributed by atoms with Crippen molar-refractivity contribution in [3.8, 4) is 0 Å². The second kappa shape index (κ2) is 6.54. The lowest BCUT2D eigenvalue weighted by molar-refractivity contribution is -0.165. The number of ether oxygens (including phenoxy) is 2. The van der Waals surface area contributed by atoms with Gasteiger partial charge in [0.15, 0.2) is 6.10 Å². The molecule has 0 N–H and O–H groups in total. The molecule has 0 aliphatic carbocycles. The summed E-state index contributed by atoms with van der Waals surface area (Å²) in [5.74, 6) is -0.280. The number of β-lactam (4-membered cyclic amide) rings is 1. The third-order valence-electron chi connectivity index (χ3n) is 3.02. The van der Waals surface area contributed by atoms with Crippen LogP contribution in [0.25, 0.3) is 0 Å². The van der Waals surface area contributed by atoms with Crippen molar-refractivity contribution in [2.75, 3.05) is 19.0 Å². The number of fused-ring (bicyclic) bond motifs is 1. The van der Waals surface area contributed by atoms with Crippen LogP contribution in [0.1, 0.15) is 13.8 Å². The number of alkyl halides is 3. The average molecular weight is 375 g/mol. The third kappa shape index (κ3) is 3.62. The van der Waals surface area contributed by atoms with E-state index in [4.69, 9.17) is 44.3 Å². The third-order valence-corrected chi connectivity index (χ3v) is 4.74. The average Bonchev–Trinajstić information content (AvgIpc) is 2.41. The van der Waals surface area contributed by atoms with Crippen LogP contribution in [0.2, 0.25) is 0 Å². The summed E-state index contributed by atoms with van der Waals surface area (Å²) >= 11 is 18.2. The molecule has 2 heterocycles. The molecule has 118 valence electrons. The van der Waals surface area contributed by atoms with E-state index in [9.17, 15) is 9.59 Å². The Balaban J connectivity index is 2.11. The number of carbonyl (C=O) groups excluding carboxylic acids is 2. The van der Waals surface area contributed by atoms with Crippen molar-refractivity contribution in [2.24, 2.45) is 0 Å². The molecular formula is C12H14Cl3NO4S. The number of hydrogen-bond acceptors (Lipinski definition) is 5. The number of thioether (sulfide) groups is 1. The molecule has 2 aliphatic heterocycles. The zero-order valence-electron chi connectivity index (χ0n) is 11.4. The van der Waals surface area contributed by atoms with Crippen molar-refractivity contribution >= 4 is 58.4 Å². The summed E-state index contributed by atoms with van der Waals surface area (Å²) in [5.41, 5.74) is 0.989. The molecule has 2 rings (SSSR count). The van der Waals surface area contributed by atoms with E-state index in [1.807, 2.05) is 6.92 Å². The fraction of sp³-hybridized carbons (Fsp3) is 0.667. The molecule has 1 saturated heterocycles. The molecule has 0 spiro atoms. The summed E-state index contributed by atoms with van der Waals surface area (Å²) in [6, 6.07) is 0. The van der Waals surface area contributed by atoms with Gasteiger partial charge in [0.1, 0.15) is 17.7 Å². The van der Waals surface area contributed by atoms with Crippen molar-refractivity contribution in [3.63, 3.8) is 0 Å².